The number of amides is 1. The first kappa shape index (κ1) is 15.6. The molecule has 1 aromatic rings. The fourth-order valence-corrected chi connectivity index (χ4v) is 3.16. The van der Waals surface area contributed by atoms with Crippen molar-refractivity contribution in [3.8, 4) is 11.5 Å². The van der Waals surface area contributed by atoms with Gasteiger partial charge in [0.05, 0.1) is 19.1 Å². The van der Waals surface area contributed by atoms with Crippen LogP contribution in [0.5, 0.6) is 11.5 Å². The van der Waals surface area contributed by atoms with Crippen molar-refractivity contribution in [2.75, 3.05) is 13.2 Å². The zero-order valence-electron chi connectivity index (χ0n) is 12.9. The van der Waals surface area contributed by atoms with Gasteiger partial charge in [0.15, 0.2) is 11.5 Å². The summed E-state index contributed by atoms with van der Waals surface area (Å²) in [6, 6.07) is 5.65. The molecule has 1 saturated carbocycles. The second kappa shape index (κ2) is 6.89. The summed E-state index contributed by atoms with van der Waals surface area (Å²) < 4.78 is 11.4. The first-order valence-electron chi connectivity index (χ1n) is 8.03. The Morgan fingerprint density at radius 2 is 1.96 bits per heavy atom. The summed E-state index contributed by atoms with van der Waals surface area (Å²) in [7, 11) is 0. The van der Waals surface area contributed by atoms with Gasteiger partial charge in [-0.25, -0.2) is 0 Å². The lowest BCUT2D eigenvalue weighted by atomic mass is 10.0. The number of carboxylic acid groups (broad SMARTS) is 1. The normalized spacial score (nSPS) is 23.1. The van der Waals surface area contributed by atoms with Crippen molar-refractivity contribution in [3.05, 3.63) is 23.8 Å². The lowest BCUT2D eigenvalue weighted by Gasteiger charge is -2.15. The van der Waals surface area contributed by atoms with Gasteiger partial charge in [-0.2, -0.15) is 0 Å². The van der Waals surface area contributed by atoms with Crippen molar-refractivity contribution in [3.63, 3.8) is 0 Å². The molecule has 6 nitrogen and oxygen atoms in total. The number of ether oxygens (including phenoxy) is 2. The number of rotatable bonds is 4. The van der Waals surface area contributed by atoms with Crippen molar-refractivity contribution >= 4 is 11.9 Å². The Hall–Kier alpha value is -2.24. The van der Waals surface area contributed by atoms with Crippen LogP contribution in [0.1, 0.15) is 31.2 Å². The van der Waals surface area contributed by atoms with Gasteiger partial charge in [0.2, 0.25) is 5.91 Å². The highest BCUT2D eigenvalue weighted by Crippen LogP contribution is 2.34. The van der Waals surface area contributed by atoms with E-state index in [2.05, 4.69) is 5.32 Å². The van der Waals surface area contributed by atoms with Gasteiger partial charge in [0.1, 0.15) is 0 Å². The van der Waals surface area contributed by atoms with Crippen molar-refractivity contribution in [1.29, 1.82) is 0 Å². The number of hydrogen-bond acceptors (Lipinski definition) is 4. The Morgan fingerprint density at radius 1 is 1.17 bits per heavy atom. The first-order valence-corrected chi connectivity index (χ1v) is 8.03. The van der Waals surface area contributed by atoms with Crippen LogP contribution in [0.3, 0.4) is 0 Å². The molecule has 1 aliphatic heterocycles. The molecular weight excluding hydrogens is 298 g/mol. The molecule has 2 aliphatic rings. The van der Waals surface area contributed by atoms with Crippen LogP contribution in [0.4, 0.5) is 0 Å². The molecule has 1 aliphatic carbocycles. The van der Waals surface area contributed by atoms with Gasteiger partial charge in [-0.05, 0) is 25.3 Å². The molecule has 6 heteroatoms. The lowest BCUT2D eigenvalue weighted by Crippen LogP contribution is -2.29. The van der Waals surface area contributed by atoms with Crippen molar-refractivity contribution < 1.29 is 24.2 Å². The van der Waals surface area contributed by atoms with Crippen LogP contribution in [0, 0.1) is 11.8 Å². The summed E-state index contributed by atoms with van der Waals surface area (Å²) in [5.41, 5.74) is 0.880. The van der Waals surface area contributed by atoms with Crippen LogP contribution in [-0.4, -0.2) is 30.2 Å². The molecule has 2 atom stereocenters. The fraction of sp³-hybridized carbons (Fsp3) is 0.529. The van der Waals surface area contributed by atoms with E-state index in [1.54, 1.807) is 0 Å². The molecule has 124 valence electrons. The number of carboxylic acids is 1. The maximum absolute atomic E-state index is 12.2. The third-order valence-electron chi connectivity index (χ3n) is 4.46. The highest BCUT2D eigenvalue weighted by molar-refractivity contribution is 5.80. The standard InChI is InChI=1S/C17H21NO5/c19-16(11-5-6-12(9-11)17(20)21)18-10-13-3-1-4-14-15(13)23-8-2-7-22-14/h1,3-4,11-12H,2,5-10H2,(H,18,19)(H,20,21)/t11-,12+/m0/s1. The van der Waals surface area contributed by atoms with Crippen LogP contribution >= 0.6 is 0 Å². The third kappa shape index (κ3) is 3.57. The van der Waals surface area contributed by atoms with Gasteiger partial charge >= 0.3 is 5.97 Å². The van der Waals surface area contributed by atoms with Crippen molar-refractivity contribution in [2.45, 2.75) is 32.2 Å². The number of nitrogens with one attached hydrogen (secondary N) is 1. The summed E-state index contributed by atoms with van der Waals surface area (Å²) in [5.74, 6) is -0.0904. The molecule has 1 aromatic carbocycles. The molecular formula is C17H21NO5. The molecule has 1 amide bonds. The monoisotopic (exact) mass is 319 g/mol. The van der Waals surface area contributed by atoms with E-state index in [4.69, 9.17) is 14.6 Å². The topological polar surface area (TPSA) is 84.9 Å². The van der Waals surface area contributed by atoms with Crippen LogP contribution in [0.2, 0.25) is 0 Å². The SMILES string of the molecule is O=C(O)[C@@H]1CC[C@H](C(=O)NCc2cccc3c2OCCCO3)C1. The average Bonchev–Trinajstić information content (AvgIpc) is 2.92. The zero-order valence-corrected chi connectivity index (χ0v) is 12.9. The Balaban J connectivity index is 1.60. The molecule has 0 aromatic heterocycles. The van der Waals surface area contributed by atoms with Crippen LogP contribution in [0.15, 0.2) is 18.2 Å². The van der Waals surface area contributed by atoms with E-state index < -0.39 is 11.9 Å². The largest absolute Gasteiger partial charge is 0.490 e. The minimum Gasteiger partial charge on any atom is -0.490 e. The van der Waals surface area contributed by atoms with E-state index in [1.807, 2.05) is 18.2 Å². The van der Waals surface area contributed by atoms with E-state index in [1.165, 1.54) is 0 Å². The number of hydrogen-bond donors (Lipinski definition) is 2. The van der Waals surface area contributed by atoms with Gasteiger partial charge in [-0.15, -0.1) is 0 Å². The summed E-state index contributed by atoms with van der Waals surface area (Å²) >= 11 is 0. The van der Waals surface area contributed by atoms with E-state index in [-0.39, 0.29) is 11.8 Å². The molecule has 0 radical (unpaired) electrons. The second-order valence-corrected chi connectivity index (χ2v) is 6.06. The number of fused-ring (bicyclic) bond motifs is 1. The minimum absolute atomic E-state index is 0.0825. The van der Waals surface area contributed by atoms with E-state index in [0.29, 0.717) is 50.5 Å². The molecule has 2 N–H and O–H groups in total. The lowest BCUT2D eigenvalue weighted by molar-refractivity contribution is -0.141. The molecule has 0 unspecified atom stereocenters. The molecule has 1 fully saturated rings. The molecule has 23 heavy (non-hydrogen) atoms. The van der Waals surface area contributed by atoms with Crippen LogP contribution in [-0.2, 0) is 16.1 Å². The summed E-state index contributed by atoms with van der Waals surface area (Å²) in [4.78, 5) is 23.2. The van der Waals surface area contributed by atoms with Gasteiger partial charge < -0.3 is 19.9 Å². The van der Waals surface area contributed by atoms with Gasteiger partial charge in [-0.1, -0.05) is 12.1 Å². The number of carbonyl (C=O) groups is 2. The summed E-state index contributed by atoms with van der Waals surface area (Å²) in [6.45, 7) is 1.59. The summed E-state index contributed by atoms with van der Waals surface area (Å²) in [5, 5.41) is 11.9. The molecule has 0 spiro atoms. The van der Waals surface area contributed by atoms with Crippen molar-refractivity contribution in [1.82, 2.24) is 5.32 Å². The zero-order chi connectivity index (χ0) is 16.2. The van der Waals surface area contributed by atoms with Gasteiger partial charge in [0.25, 0.3) is 0 Å². The maximum atomic E-state index is 12.2. The van der Waals surface area contributed by atoms with Crippen LogP contribution in [0.25, 0.3) is 0 Å². The van der Waals surface area contributed by atoms with Crippen LogP contribution < -0.4 is 14.8 Å². The molecule has 0 bridgehead atoms. The Morgan fingerprint density at radius 3 is 2.74 bits per heavy atom. The van der Waals surface area contributed by atoms with E-state index >= 15 is 0 Å². The van der Waals surface area contributed by atoms with Crippen molar-refractivity contribution in [2.24, 2.45) is 11.8 Å². The molecule has 3 rings (SSSR count). The number of benzene rings is 1. The average molecular weight is 319 g/mol. The van der Waals surface area contributed by atoms with Gasteiger partial charge in [0, 0.05) is 24.4 Å². The minimum atomic E-state index is -0.806. The summed E-state index contributed by atoms with van der Waals surface area (Å²) in [6.07, 6.45) is 2.47. The predicted octanol–water partition coefficient (Wildman–Crippen LogP) is 1.96. The predicted molar refractivity (Wildman–Crippen MR) is 82.4 cm³/mol. The third-order valence-corrected chi connectivity index (χ3v) is 4.46. The molecule has 1 heterocycles. The Labute approximate surface area is 134 Å². The fourth-order valence-electron chi connectivity index (χ4n) is 3.16. The van der Waals surface area contributed by atoms with Gasteiger partial charge in [-0.3, -0.25) is 9.59 Å². The molecule has 0 saturated heterocycles. The second-order valence-electron chi connectivity index (χ2n) is 6.06. The quantitative estimate of drug-likeness (QED) is 0.886. The number of aliphatic carboxylic acids is 1. The Bertz CT molecular complexity index is 601. The smallest absolute Gasteiger partial charge is 0.306 e. The highest BCUT2D eigenvalue weighted by atomic mass is 16.5. The maximum Gasteiger partial charge on any atom is 0.306 e. The Kier molecular flexibility index (Phi) is 4.69. The first-order chi connectivity index (χ1) is 11.1. The van der Waals surface area contributed by atoms with E-state index in [0.717, 1.165) is 12.0 Å². The number of para-hydroxylation sites is 1. The number of carbonyl (C=O) groups excluding carboxylic acids is 1. The highest BCUT2D eigenvalue weighted by Gasteiger charge is 2.33. The van der Waals surface area contributed by atoms with E-state index in [9.17, 15) is 9.59 Å².